The van der Waals surface area contributed by atoms with E-state index in [1.54, 1.807) is 7.05 Å². The van der Waals surface area contributed by atoms with Gasteiger partial charge in [-0.15, -0.1) is 0 Å². The molecule has 0 radical (unpaired) electrons. The predicted molar refractivity (Wildman–Crippen MR) is 111 cm³/mol. The molecule has 27 heavy (non-hydrogen) atoms. The Morgan fingerprint density at radius 3 is 2.41 bits per heavy atom. The van der Waals surface area contributed by atoms with Gasteiger partial charge in [-0.05, 0) is 23.1 Å². The lowest BCUT2D eigenvalue weighted by Crippen LogP contribution is -2.37. The minimum absolute atomic E-state index is 0.620. The summed E-state index contributed by atoms with van der Waals surface area (Å²) in [7, 11) is 1.79. The van der Waals surface area contributed by atoms with Crippen molar-refractivity contribution in [1.82, 2.24) is 20.2 Å². The summed E-state index contributed by atoms with van der Waals surface area (Å²) >= 11 is 0. The van der Waals surface area contributed by atoms with E-state index in [-0.39, 0.29) is 0 Å². The number of aliphatic imine (C=N–C) groups is 1. The van der Waals surface area contributed by atoms with E-state index in [1.165, 1.54) is 16.7 Å². The van der Waals surface area contributed by atoms with Gasteiger partial charge in [-0.2, -0.15) is 0 Å². The van der Waals surface area contributed by atoms with E-state index in [2.05, 4.69) is 80.6 Å². The first-order valence-corrected chi connectivity index (χ1v) is 9.35. The second-order valence-electron chi connectivity index (χ2n) is 6.36. The molecule has 5 nitrogen and oxygen atoms in total. The highest BCUT2D eigenvalue weighted by Crippen LogP contribution is 2.09. The summed E-state index contributed by atoms with van der Waals surface area (Å²) in [6, 6.07) is 18.9. The molecule has 0 amide bonds. The van der Waals surface area contributed by atoms with Crippen LogP contribution in [0.2, 0.25) is 0 Å². The van der Waals surface area contributed by atoms with Crippen molar-refractivity contribution in [3.05, 3.63) is 89.5 Å². The van der Waals surface area contributed by atoms with Crippen LogP contribution in [0.4, 0.5) is 0 Å². The quantitative estimate of drug-likeness (QED) is 0.501. The Balaban J connectivity index is 1.57. The first-order chi connectivity index (χ1) is 13.3. The van der Waals surface area contributed by atoms with Crippen LogP contribution in [0.3, 0.4) is 0 Å². The van der Waals surface area contributed by atoms with Crippen molar-refractivity contribution < 1.29 is 0 Å². The summed E-state index contributed by atoms with van der Waals surface area (Å²) in [5, 5.41) is 6.76. The molecule has 2 N–H and O–H groups in total. The topological polar surface area (TPSA) is 54.2 Å². The fourth-order valence-electron chi connectivity index (χ4n) is 3.07. The van der Waals surface area contributed by atoms with Crippen molar-refractivity contribution in [2.45, 2.75) is 33.0 Å². The van der Waals surface area contributed by atoms with Crippen LogP contribution in [0.1, 0.15) is 29.4 Å². The fraction of sp³-hybridized carbons (Fsp3) is 0.273. The van der Waals surface area contributed by atoms with Crippen molar-refractivity contribution >= 4 is 5.96 Å². The number of aromatic nitrogens is 2. The molecule has 0 saturated heterocycles. The van der Waals surface area contributed by atoms with Crippen LogP contribution < -0.4 is 10.6 Å². The van der Waals surface area contributed by atoms with Crippen molar-refractivity contribution in [1.29, 1.82) is 0 Å². The molecule has 0 saturated carbocycles. The van der Waals surface area contributed by atoms with Gasteiger partial charge in [-0.3, -0.25) is 4.99 Å². The highest BCUT2D eigenvalue weighted by molar-refractivity contribution is 5.79. The van der Waals surface area contributed by atoms with Gasteiger partial charge in [0, 0.05) is 32.5 Å². The van der Waals surface area contributed by atoms with E-state index in [0.717, 1.165) is 31.3 Å². The SMILES string of the molecule is CCc1ccccc1CNC(=NC)NCc1nccn1Cc1ccccc1. The number of nitrogens with zero attached hydrogens (tertiary/aromatic N) is 3. The monoisotopic (exact) mass is 361 g/mol. The van der Waals surface area contributed by atoms with Gasteiger partial charge in [-0.25, -0.2) is 4.98 Å². The van der Waals surface area contributed by atoms with Gasteiger partial charge in [0.1, 0.15) is 5.82 Å². The lowest BCUT2D eigenvalue weighted by molar-refractivity contribution is 0.687. The summed E-state index contributed by atoms with van der Waals surface area (Å²) < 4.78 is 2.15. The van der Waals surface area contributed by atoms with E-state index >= 15 is 0 Å². The third-order valence-electron chi connectivity index (χ3n) is 4.58. The van der Waals surface area contributed by atoms with E-state index in [9.17, 15) is 0 Å². The Morgan fingerprint density at radius 2 is 1.67 bits per heavy atom. The molecule has 0 aliphatic heterocycles. The average Bonchev–Trinajstić information content (AvgIpc) is 3.16. The third kappa shape index (κ3) is 5.20. The fourth-order valence-corrected chi connectivity index (χ4v) is 3.07. The van der Waals surface area contributed by atoms with E-state index < -0.39 is 0 Å². The summed E-state index contributed by atoms with van der Waals surface area (Å²) in [5.74, 6) is 1.76. The van der Waals surface area contributed by atoms with Gasteiger partial charge in [-0.1, -0.05) is 61.5 Å². The lowest BCUT2D eigenvalue weighted by atomic mass is 10.1. The minimum Gasteiger partial charge on any atom is -0.352 e. The molecule has 3 rings (SSSR count). The number of guanidine groups is 1. The normalized spacial score (nSPS) is 11.4. The Hall–Kier alpha value is -3.08. The van der Waals surface area contributed by atoms with Crippen LogP contribution in [-0.4, -0.2) is 22.6 Å². The lowest BCUT2D eigenvalue weighted by Gasteiger charge is -2.14. The Bertz CT molecular complexity index is 867. The zero-order chi connectivity index (χ0) is 18.9. The number of rotatable bonds is 7. The van der Waals surface area contributed by atoms with E-state index in [4.69, 9.17) is 0 Å². The summed E-state index contributed by atoms with van der Waals surface area (Å²) in [5.41, 5.74) is 3.92. The number of benzene rings is 2. The van der Waals surface area contributed by atoms with Crippen LogP contribution >= 0.6 is 0 Å². The maximum Gasteiger partial charge on any atom is 0.191 e. The first-order valence-electron chi connectivity index (χ1n) is 9.35. The highest BCUT2D eigenvalue weighted by Gasteiger charge is 2.06. The second kappa shape index (κ2) is 9.57. The largest absolute Gasteiger partial charge is 0.352 e. The zero-order valence-corrected chi connectivity index (χ0v) is 16.0. The van der Waals surface area contributed by atoms with Crippen LogP contribution in [-0.2, 0) is 26.1 Å². The van der Waals surface area contributed by atoms with Crippen LogP contribution in [0.5, 0.6) is 0 Å². The van der Waals surface area contributed by atoms with Crippen molar-refractivity contribution in [3.8, 4) is 0 Å². The molecule has 0 spiro atoms. The second-order valence-corrected chi connectivity index (χ2v) is 6.36. The van der Waals surface area contributed by atoms with Gasteiger partial charge in [0.25, 0.3) is 0 Å². The maximum atomic E-state index is 4.48. The number of aryl methyl sites for hydroxylation is 1. The molecule has 0 fully saturated rings. The minimum atomic E-state index is 0.620. The smallest absolute Gasteiger partial charge is 0.191 e. The van der Waals surface area contributed by atoms with Crippen molar-refractivity contribution in [2.75, 3.05) is 7.05 Å². The molecule has 1 heterocycles. The molecule has 0 unspecified atom stereocenters. The highest BCUT2D eigenvalue weighted by atomic mass is 15.2. The Labute approximate surface area is 161 Å². The molecular formula is C22H27N5. The maximum absolute atomic E-state index is 4.48. The molecule has 0 bridgehead atoms. The van der Waals surface area contributed by atoms with Gasteiger partial charge in [0.05, 0.1) is 6.54 Å². The zero-order valence-electron chi connectivity index (χ0n) is 16.0. The number of hydrogen-bond donors (Lipinski definition) is 2. The molecule has 0 atom stereocenters. The molecule has 1 aromatic heterocycles. The van der Waals surface area contributed by atoms with Crippen LogP contribution in [0.15, 0.2) is 72.0 Å². The Kier molecular flexibility index (Phi) is 6.63. The van der Waals surface area contributed by atoms with Crippen LogP contribution in [0, 0.1) is 0 Å². The van der Waals surface area contributed by atoms with Gasteiger partial charge < -0.3 is 15.2 Å². The first kappa shape index (κ1) is 18.7. The van der Waals surface area contributed by atoms with E-state index in [1.807, 2.05) is 18.5 Å². The summed E-state index contributed by atoms with van der Waals surface area (Å²) in [6.07, 6.45) is 4.88. The summed E-state index contributed by atoms with van der Waals surface area (Å²) in [4.78, 5) is 8.81. The molecule has 5 heteroatoms. The third-order valence-corrected chi connectivity index (χ3v) is 4.58. The standard InChI is InChI=1S/C22H27N5/c1-3-19-11-7-8-12-20(19)15-25-22(23-2)26-16-21-24-13-14-27(21)17-18-9-5-4-6-10-18/h4-14H,3,15-17H2,1-2H3,(H2,23,25,26). The van der Waals surface area contributed by atoms with Crippen molar-refractivity contribution in [2.24, 2.45) is 4.99 Å². The molecular weight excluding hydrogens is 334 g/mol. The van der Waals surface area contributed by atoms with E-state index in [0.29, 0.717) is 6.54 Å². The molecule has 0 aliphatic rings. The van der Waals surface area contributed by atoms with Gasteiger partial charge in [0.2, 0.25) is 0 Å². The van der Waals surface area contributed by atoms with Gasteiger partial charge >= 0.3 is 0 Å². The Morgan fingerprint density at radius 1 is 0.963 bits per heavy atom. The molecule has 140 valence electrons. The van der Waals surface area contributed by atoms with Crippen molar-refractivity contribution in [3.63, 3.8) is 0 Å². The predicted octanol–water partition coefficient (Wildman–Crippen LogP) is 3.36. The number of hydrogen-bond acceptors (Lipinski definition) is 2. The molecule has 3 aromatic rings. The number of imidazole rings is 1. The molecule has 2 aromatic carbocycles. The average molecular weight is 361 g/mol. The summed E-state index contributed by atoms with van der Waals surface area (Å²) in [6.45, 7) is 4.36. The van der Waals surface area contributed by atoms with Gasteiger partial charge in [0.15, 0.2) is 5.96 Å². The molecule has 0 aliphatic carbocycles. The van der Waals surface area contributed by atoms with Crippen LogP contribution in [0.25, 0.3) is 0 Å². The number of nitrogens with one attached hydrogen (secondary N) is 2.